The fraction of sp³-hybridized carbons (Fsp3) is 0.250. The zero-order valence-electron chi connectivity index (χ0n) is 11.5. The largest absolute Gasteiger partial charge is 0.294 e. The number of imide groups is 2. The van der Waals surface area contributed by atoms with Gasteiger partial charge in [-0.3, -0.25) is 29.4 Å². The van der Waals surface area contributed by atoms with Gasteiger partial charge in [-0.2, -0.15) is 0 Å². The first-order valence-electron chi connectivity index (χ1n) is 7.08. The minimum absolute atomic E-state index is 0.270. The third-order valence-corrected chi connectivity index (χ3v) is 4.61. The lowest BCUT2D eigenvalue weighted by molar-refractivity contribution is -0.127. The minimum atomic E-state index is -1.53. The van der Waals surface area contributed by atoms with Crippen molar-refractivity contribution in [2.24, 2.45) is 5.92 Å². The number of fused-ring (bicyclic) bond motifs is 2. The quantitative estimate of drug-likeness (QED) is 0.609. The monoisotopic (exact) mass is 296 g/mol. The molecule has 3 aliphatic rings. The van der Waals surface area contributed by atoms with Crippen molar-refractivity contribution in [3.63, 3.8) is 0 Å². The van der Waals surface area contributed by atoms with Crippen LogP contribution < -0.4 is 5.32 Å². The molecule has 22 heavy (non-hydrogen) atoms. The van der Waals surface area contributed by atoms with E-state index in [0.29, 0.717) is 12.8 Å². The van der Waals surface area contributed by atoms with Crippen LogP contribution in [-0.2, 0) is 9.59 Å². The van der Waals surface area contributed by atoms with Gasteiger partial charge >= 0.3 is 0 Å². The Morgan fingerprint density at radius 2 is 1.68 bits per heavy atom. The van der Waals surface area contributed by atoms with Gasteiger partial charge in [-0.1, -0.05) is 24.3 Å². The normalized spacial score (nSPS) is 29.6. The highest BCUT2D eigenvalue weighted by Crippen LogP contribution is 2.42. The van der Waals surface area contributed by atoms with E-state index in [0.717, 1.165) is 4.90 Å². The average molecular weight is 296 g/mol. The maximum Gasteiger partial charge on any atom is 0.262 e. The number of hydrogen-bond acceptors (Lipinski definition) is 4. The van der Waals surface area contributed by atoms with Crippen LogP contribution in [0.4, 0.5) is 0 Å². The molecule has 2 aliphatic heterocycles. The topological polar surface area (TPSA) is 83.6 Å². The first-order chi connectivity index (χ1) is 10.6. The molecular weight excluding hydrogens is 284 g/mol. The third-order valence-electron chi connectivity index (χ3n) is 4.61. The molecule has 1 N–H and O–H groups in total. The fourth-order valence-corrected chi connectivity index (χ4v) is 3.58. The SMILES string of the molecule is O=C1NC(=O)C2(N3C(=O)c4ccccc4C3=O)C=CCCC12. The van der Waals surface area contributed by atoms with Gasteiger partial charge in [-0.05, 0) is 25.0 Å². The summed E-state index contributed by atoms with van der Waals surface area (Å²) < 4.78 is 0. The molecule has 0 bridgehead atoms. The summed E-state index contributed by atoms with van der Waals surface area (Å²) in [5.74, 6) is -2.80. The number of benzene rings is 1. The van der Waals surface area contributed by atoms with Crippen LogP contribution in [0.15, 0.2) is 36.4 Å². The summed E-state index contributed by atoms with van der Waals surface area (Å²) in [6.07, 6.45) is 4.35. The van der Waals surface area contributed by atoms with Gasteiger partial charge in [0.15, 0.2) is 5.54 Å². The van der Waals surface area contributed by atoms with Crippen molar-refractivity contribution in [3.8, 4) is 0 Å². The van der Waals surface area contributed by atoms with Crippen molar-refractivity contribution >= 4 is 23.6 Å². The summed E-state index contributed by atoms with van der Waals surface area (Å²) >= 11 is 0. The molecule has 2 unspecified atom stereocenters. The standard InChI is InChI=1S/C16H12N2O4/c19-12-11-7-3-4-8-16(11,15(22)17-12)18-13(20)9-5-1-2-6-10(9)14(18)21/h1-2,4-6,8,11H,3,7H2,(H,17,19,22). The number of amides is 4. The first-order valence-corrected chi connectivity index (χ1v) is 7.08. The number of allylic oxidation sites excluding steroid dienone is 1. The number of nitrogens with zero attached hydrogens (tertiary/aromatic N) is 1. The molecule has 2 atom stereocenters. The smallest absolute Gasteiger partial charge is 0.262 e. The van der Waals surface area contributed by atoms with Crippen LogP contribution in [0.5, 0.6) is 0 Å². The lowest BCUT2D eigenvalue weighted by Crippen LogP contribution is -2.59. The van der Waals surface area contributed by atoms with Gasteiger partial charge in [0, 0.05) is 0 Å². The molecule has 0 aromatic heterocycles. The van der Waals surface area contributed by atoms with Crippen molar-refractivity contribution < 1.29 is 19.2 Å². The third kappa shape index (κ3) is 1.34. The number of carbonyl (C=O) groups is 4. The second-order valence-electron chi connectivity index (χ2n) is 5.67. The number of carbonyl (C=O) groups excluding carboxylic acids is 4. The molecule has 1 saturated heterocycles. The van der Waals surface area contributed by atoms with E-state index in [9.17, 15) is 19.2 Å². The summed E-state index contributed by atoms with van der Waals surface area (Å²) in [7, 11) is 0. The van der Waals surface area contributed by atoms with E-state index in [1.54, 1.807) is 30.3 Å². The zero-order chi connectivity index (χ0) is 15.5. The molecule has 1 aromatic rings. The van der Waals surface area contributed by atoms with Crippen LogP contribution in [0.2, 0.25) is 0 Å². The van der Waals surface area contributed by atoms with E-state index in [2.05, 4.69) is 5.32 Å². The number of nitrogens with one attached hydrogen (secondary N) is 1. The average Bonchev–Trinajstić information content (AvgIpc) is 2.93. The summed E-state index contributed by atoms with van der Waals surface area (Å²) in [5, 5.41) is 2.27. The Hall–Kier alpha value is -2.76. The lowest BCUT2D eigenvalue weighted by Gasteiger charge is -2.37. The maximum absolute atomic E-state index is 12.7. The number of rotatable bonds is 1. The molecule has 0 spiro atoms. The second-order valence-corrected chi connectivity index (χ2v) is 5.67. The van der Waals surface area contributed by atoms with E-state index in [-0.39, 0.29) is 11.1 Å². The Morgan fingerprint density at radius 1 is 1.05 bits per heavy atom. The van der Waals surface area contributed by atoms with E-state index in [4.69, 9.17) is 0 Å². The van der Waals surface area contributed by atoms with Crippen LogP contribution in [-0.4, -0.2) is 34.1 Å². The Morgan fingerprint density at radius 3 is 2.32 bits per heavy atom. The van der Waals surface area contributed by atoms with E-state index >= 15 is 0 Å². The van der Waals surface area contributed by atoms with Gasteiger partial charge in [0.25, 0.3) is 17.7 Å². The van der Waals surface area contributed by atoms with E-state index in [1.165, 1.54) is 6.08 Å². The molecular formula is C16H12N2O4. The zero-order valence-corrected chi connectivity index (χ0v) is 11.5. The van der Waals surface area contributed by atoms with Crippen molar-refractivity contribution in [1.29, 1.82) is 0 Å². The molecule has 0 radical (unpaired) electrons. The van der Waals surface area contributed by atoms with Crippen molar-refractivity contribution in [2.45, 2.75) is 18.4 Å². The first kappa shape index (κ1) is 12.9. The lowest BCUT2D eigenvalue weighted by atomic mass is 9.77. The molecule has 1 fully saturated rings. The predicted molar refractivity (Wildman–Crippen MR) is 74.7 cm³/mol. The summed E-state index contributed by atoms with van der Waals surface area (Å²) in [6.45, 7) is 0. The van der Waals surface area contributed by atoms with Crippen molar-refractivity contribution in [3.05, 3.63) is 47.5 Å². The van der Waals surface area contributed by atoms with Crippen molar-refractivity contribution in [1.82, 2.24) is 10.2 Å². The van der Waals surface area contributed by atoms with Gasteiger partial charge in [0.2, 0.25) is 5.91 Å². The second kappa shape index (κ2) is 4.13. The molecule has 4 amide bonds. The summed E-state index contributed by atoms with van der Waals surface area (Å²) in [4.78, 5) is 50.8. The highest BCUT2D eigenvalue weighted by atomic mass is 16.2. The molecule has 4 rings (SSSR count). The van der Waals surface area contributed by atoms with Crippen LogP contribution in [0.1, 0.15) is 33.6 Å². The van der Waals surface area contributed by atoms with Gasteiger partial charge in [-0.25, -0.2) is 0 Å². The Kier molecular flexibility index (Phi) is 2.43. The fourth-order valence-electron chi connectivity index (χ4n) is 3.58. The Labute approximate surface area is 125 Å². The molecule has 2 heterocycles. The van der Waals surface area contributed by atoms with Gasteiger partial charge in [-0.15, -0.1) is 0 Å². The Bertz CT molecular complexity index is 747. The minimum Gasteiger partial charge on any atom is -0.294 e. The van der Waals surface area contributed by atoms with Crippen LogP contribution in [0.3, 0.4) is 0 Å². The number of hydrogen-bond donors (Lipinski definition) is 1. The van der Waals surface area contributed by atoms with Gasteiger partial charge in [0.05, 0.1) is 17.0 Å². The highest BCUT2D eigenvalue weighted by Gasteiger charge is 2.62. The van der Waals surface area contributed by atoms with Crippen molar-refractivity contribution in [2.75, 3.05) is 0 Å². The molecule has 1 aliphatic carbocycles. The van der Waals surface area contributed by atoms with Crippen LogP contribution in [0.25, 0.3) is 0 Å². The molecule has 110 valence electrons. The molecule has 6 heteroatoms. The summed E-state index contributed by atoms with van der Waals surface area (Å²) in [6, 6.07) is 6.45. The van der Waals surface area contributed by atoms with E-state index in [1.807, 2.05) is 0 Å². The Balaban J connectivity index is 1.92. The maximum atomic E-state index is 12.7. The highest BCUT2D eigenvalue weighted by molar-refractivity contribution is 6.26. The van der Waals surface area contributed by atoms with Crippen LogP contribution in [0, 0.1) is 5.92 Å². The summed E-state index contributed by atoms with van der Waals surface area (Å²) in [5.41, 5.74) is -0.985. The van der Waals surface area contributed by atoms with Gasteiger partial charge < -0.3 is 0 Å². The molecule has 0 saturated carbocycles. The molecule has 1 aromatic carbocycles. The van der Waals surface area contributed by atoms with Gasteiger partial charge in [0.1, 0.15) is 0 Å². The molecule has 6 nitrogen and oxygen atoms in total. The predicted octanol–water partition coefficient (Wildman–Crippen LogP) is 0.644. The van der Waals surface area contributed by atoms with Crippen LogP contribution >= 0.6 is 0 Å². The van der Waals surface area contributed by atoms with E-state index < -0.39 is 35.1 Å².